The van der Waals surface area contributed by atoms with Gasteiger partial charge in [0.1, 0.15) is 12.1 Å². The van der Waals surface area contributed by atoms with E-state index in [1.165, 1.54) is 0 Å². The monoisotopic (exact) mass is 401 g/mol. The van der Waals surface area contributed by atoms with Gasteiger partial charge in [-0.15, -0.1) is 22.7 Å². The fraction of sp³-hybridized carbons (Fsp3) is 0.444. The quantitative estimate of drug-likeness (QED) is 0.671. The van der Waals surface area contributed by atoms with Crippen molar-refractivity contribution in [2.75, 3.05) is 37.7 Å². The van der Waals surface area contributed by atoms with Crippen LogP contribution < -0.4 is 4.90 Å². The van der Waals surface area contributed by atoms with E-state index in [9.17, 15) is 4.79 Å². The number of fused-ring (bicyclic) bond motifs is 1. The highest BCUT2D eigenvalue weighted by atomic mass is 32.1. The summed E-state index contributed by atoms with van der Waals surface area (Å²) in [6.45, 7) is 4.12. The van der Waals surface area contributed by atoms with Gasteiger partial charge in [0.15, 0.2) is 0 Å². The van der Waals surface area contributed by atoms with Gasteiger partial charge in [-0.1, -0.05) is 0 Å². The molecule has 1 spiro atoms. The van der Waals surface area contributed by atoms with E-state index in [1.54, 1.807) is 29.0 Å². The standard InChI is InChI=1S/C18H19N5O2S2/c24-15-5-18(9-23(15)7-13-6-19-12-27-13)8-22(2-3-25-10-18)17-16-14(1-4-26-16)20-11-21-17/h1,4,6,11-12H,2-3,5,7-10H2/t18-/m1/s1. The number of aromatic nitrogens is 3. The topological polar surface area (TPSA) is 71.5 Å². The van der Waals surface area contributed by atoms with Crippen LogP contribution in [0.5, 0.6) is 0 Å². The summed E-state index contributed by atoms with van der Waals surface area (Å²) in [4.78, 5) is 31.1. The summed E-state index contributed by atoms with van der Waals surface area (Å²) < 4.78 is 7.04. The molecule has 0 bridgehead atoms. The van der Waals surface area contributed by atoms with Crippen molar-refractivity contribution in [3.63, 3.8) is 0 Å². The maximum atomic E-state index is 12.7. The van der Waals surface area contributed by atoms with E-state index in [0.29, 0.717) is 32.7 Å². The number of amides is 1. The molecule has 0 N–H and O–H groups in total. The van der Waals surface area contributed by atoms with Gasteiger partial charge in [0.05, 0.1) is 35.5 Å². The van der Waals surface area contributed by atoms with Crippen molar-refractivity contribution in [2.45, 2.75) is 13.0 Å². The summed E-state index contributed by atoms with van der Waals surface area (Å²) in [5, 5.41) is 2.04. The molecule has 0 aliphatic carbocycles. The number of rotatable bonds is 3. The molecule has 9 heteroatoms. The number of likely N-dealkylation sites (tertiary alicyclic amines) is 1. The van der Waals surface area contributed by atoms with E-state index in [2.05, 4.69) is 19.9 Å². The molecule has 1 atom stereocenters. The molecule has 5 rings (SSSR count). The maximum absolute atomic E-state index is 12.7. The molecular formula is C18H19N5O2S2. The van der Waals surface area contributed by atoms with Gasteiger partial charge in [0.25, 0.3) is 0 Å². The lowest BCUT2D eigenvalue weighted by Crippen LogP contribution is -2.41. The Morgan fingerprint density at radius 2 is 2.22 bits per heavy atom. The Labute approximate surface area is 164 Å². The molecule has 0 unspecified atom stereocenters. The lowest BCUT2D eigenvalue weighted by molar-refractivity contribution is -0.128. The highest BCUT2D eigenvalue weighted by Crippen LogP contribution is 2.38. The highest BCUT2D eigenvalue weighted by Gasteiger charge is 2.46. The summed E-state index contributed by atoms with van der Waals surface area (Å²) in [6, 6.07) is 2.02. The molecule has 2 saturated heterocycles. The summed E-state index contributed by atoms with van der Waals surface area (Å²) in [5.74, 6) is 1.14. The second-order valence-corrected chi connectivity index (χ2v) is 9.09. The van der Waals surface area contributed by atoms with Crippen LogP contribution in [0.1, 0.15) is 11.3 Å². The number of hydrogen-bond acceptors (Lipinski definition) is 8. The van der Waals surface area contributed by atoms with Crippen LogP contribution in [0.2, 0.25) is 0 Å². The van der Waals surface area contributed by atoms with E-state index in [0.717, 1.165) is 34.0 Å². The molecule has 2 fully saturated rings. The fourth-order valence-corrected chi connectivity index (χ4v) is 5.48. The third-order valence-corrected chi connectivity index (χ3v) is 6.86. The molecule has 0 radical (unpaired) electrons. The third-order valence-electron chi connectivity index (χ3n) is 5.20. The number of carbonyl (C=O) groups excluding carboxylic acids is 1. The Morgan fingerprint density at radius 3 is 3.11 bits per heavy atom. The molecule has 2 aliphatic heterocycles. The summed E-state index contributed by atoms with van der Waals surface area (Å²) >= 11 is 3.25. The number of thiazole rings is 1. The van der Waals surface area contributed by atoms with Crippen LogP contribution >= 0.6 is 22.7 Å². The summed E-state index contributed by atoms with van der Waals surface area (Å²) in [5.41, 5.74) is 2.58. The van der Waals surface area contributed by atoms with Crippen molar-refractivity contribution in [3.05, 3.63) is 34.4 Å². The van der Waals surface area contributed by atoms with E-state index in [1.807, 2.05) is 28.1 Å². The minimum absolute atomic E-state index is 0.192. The Bertz CT molecular complexity index is 960. The molecule has 1 amide bonds. The van der Waals surface area contributed by atoms with E-state index < -0.39 is 0 Å². The highest BCUT2D eigenvalue weighted by molar-refractivity contribution is 7.17. The number of nitrogens with zero attached hydrogens (tertiary/aromatic N) is 5. The molecular weight excluding hydrogens is 382 g/mol. The predicted octanol–water partition coefficient (Wildman–Crippen LogP) is 2.40. The van der Waals surface area contributed by atoms with Crippen LogP contribution in [0.25, 0.3) is 10.2 Å². The van der Waals surface area contributed by atoms with Crippen LogP contribution in [-0.4, -0.2) is 58.6 Å². The minimum atomic E-state index is -0.202. The lowest BCUT2D eigenvalue weighted by atomic mass is 9.87. The molecule has 0 saturated carbocycles. The normalized spacial score (nSPS) is 23.5. The van der Waals surface area contributed by atoms with Crippen molar-refractivity contribution in [2.24, 2.45) is 5.41 Å². The molecule has 0 aromatic carbocycles. The van der Waals surface area contributed by atoms with Crippen LogP contribution in [0, 0.1) is 5.41 Å². The maximum Gasteiger partial charge on any atom is 0.223 e. The molecule has 3 aromatic heterocycles. The van der Waals surface area contributed by atoms with E-state index in [4.69, 9.17) is 4.74 Å². The van der Waals surface area contributed by atoms with Crippen molar-refractivity contribution in [1.29, 1.82) is 0 Å². The smallest absolute Gasteiger partial charge is 0.223 e. The molecule has 7 nitrogen and oxygen atoms in total. The first-order valence-electron chi connectivity index (χ1n) is 8.89. The van der Waals surface area contributed by atoms with Gasteiger partial charge in [-0.05, 0) is 11.4 Å². The first-order valence-corrected chi connectivity index (χ1v) is 10.6. The first-order chi connectivity index (χ1) is 13.2. The van der Waals surface area contributed by atoms with Crippen LogP contribution in [0.4, 0.5) is 5.82 Å². The van der Waals surface area contributed by atoms with Gasteiger partial charge in [-0.25, -0.2) is 9.97 Å². The predicted molar refractivity (Wildman–Crippen MR) is 105 cm³/mol. The molecule has 5 heterocycles. The van der Waals surface area contributed by atoms with Crippen LogP contribution in [0.15, 0.2) is 29.5 Å². The van der Waals surface area contributed by atoms with Crippen molar-refractivity contribution >= 4 is 44.6 Å². The average molecular weight is 402 g/mol. The third kappa shape index (κ3) is 3.19. The van der Waals surface area contributed by atoms with Gasteiger partial charge in [0.2, 0.25) is 5.91 Å². The summed E-state index contributed by atoms with van der Waals surface area (Å²) in [7, 11) is 0. The van der Waals surface area contributed by atoms with Gasteiger partial charge in [-0.3, -0.25) is 9.78 Å². The Kier molecular flexibility index (Phi) is 4.30. The zero-order chi connectivity index (χ0) is 18.3. The van der Waals surface area contributed by atoms with Gasteiger partial charge < -0.3 is 14.5 Å². The average Bonchev–Trinajstić information content (AvgIpc) is 3.36. The van der Waals surface area contributed by atoms with Crippen LogP contribution in [-0.2, 0) is 16.1 Å². The number of ether oxygens (including phenoxy) is 1. The van der Waals surface area contributed by atoms with E-state index in [-0.39, 0.29) is 11.3 Å². The molecule has 3 aromatic rings. The van der Waals surface area contributed by atoms with E-state index >= 15 is 0 Å². The van der Waals surface area contributed by atoms with Gasteiger partial charge in [-0.2, -0.15) is 0 Å². The Balaban J connectivity index is 1.41. The fourth-order valence-electron chi connectivity index (χ4n) is 4.01. The second kappa shape index (κ2) is 6.81. The molecule has 140 valence electrons. The Morgan fingerprint density at radius 1 is 1.26 bits per heavy atom. The van der Waals surface area contributed by atoms with Gasteiger partial charge >= 0.3 is 0 Å². The molecule has 27 heavy (non-hydrogen) atoms. The zero-order valence-corrected chi connectivity index (χ0v) is 16.3. The largest absolute Gasteiger partial charge is 0.379 e. The molecule has 2 aliphatic rings. The number of carbonyl (C=O) groups is 1. The van der Waals surface area contributed by atoms with Gasteiger partial charge in [0, 0.05) is 42.5 Å². The Hall–Kier alpha value is -2.10. The number of hydrogen-bond donors (Lipinski definition) is 0. The summed E-state index contributed by atoms with van der Waals surface area (Å²) in [6.07, 6.45) is 3.98. The SMILES string of the molecule is O=C1C[C@]2(COCCN(c3ncnc4ccsc34)C2)CN1Cc1cncs1. The second-order valence-electron chi connectivity index (χ2n) is 7.20. The van der Waals surface area contributed by atoms with Crippen molar-refractivity contribution < 1.29 is 9.53 Å². The number of anilines is 1. The number of thiophene rings is 1. The lowest BCUT2D eigenvalue weighted by Gasteiger charge is -2.32. The van der Waals surface area contributed by atoms with Crippen molar-refractivity contribution in [1.82, 2.24) is 19.9 Å². The zero-order valence-electron chi connectivity index (χ0n) is 14.7. The first kappa shape index (κ1) is 17.0. The van der Waals surface area contributed by atoms with Crippen molar-refractivity contribution in [3.8, 4) is 0 Å². The van der Waals surface area contributed by atoms with Crippen LogP contribution in [0.3, 0.4) is 0 Å². The minimum Gasteiger partial charge on any atom is -0.379 e.